The molecule has 1 N–H and O–H groups in total. The van der Waals surface area contributed by atoms with Gasteiger partial charge in [0.15, 0.2) is 0 Å². The van der Waals surface area contributed by atoms with E-state index < -0.39 is 0 Å². The zero-order chi connectivity index (χ0) is 12.3. The molecule has 0 aromatic heterocycles. The maximum absolute atomic E-state index is 11.7. The lowest BCUT2D eigenvalue weighted by Crippen LogP contribution is -2.42. The number of hydrogen-bond donors (Lipinski definition) is 1. The number of carbonyl (C=O) groups is 1. The van der Waals surface area contributed by atoms with Crippen LogP contribution in [-0.2, 0) is 4.79 Å². The number of likely N-dealkylation sites (N-methyl/N-ethyl adjacent to an activating group) is 1. The molecule has 1 amide bonds. The van der Waals surface area contributed by atoms with Gasteiger partial charge in [-0.15, -0.1) is 0 Å². The Balaban J connectivity index is 1.64. The van der Waals surface area contributed by atoms with Crippen LogP contribution in [0.5, 0.6) is 0 Å². The van der Waals surface area contributed by atoms with Crippen molar-refractivity contribution in [3.63, 3.8) is 0 Å². The number of nitrogens with one attached hydrogen (secondary N) is 1. The van der Waals surface area contributed by atoms with Crippen molar-refractivity contribution < 1.29 is 4.79 Å². The maximum atomic E-state index is 11.7. The van der Waals surface area contributed by atoms with Crippen LogP contribution < -0.4 is 5.32 Å². The SMILES string of the molecule is CC1CCC(N(C)CC(=O)NCC2CC2)CC1. The van der Waals surface area contributed by atoms with Gasteiger partial charge in [0.2, 0.25) is 5.91 Å². The summed E-state index contributed by atoms with van der Waals surface area (Å²) in [5.41, 5.74) is 0. The van der Waals surface area contributed by atoms with Gasteiger partial charge < -0.3 is 5.32 Å². The van der Waals surface area contributed by atoms with Crippen LogP contribution >= 0.6 is 0 Å². The molecule has 0 atom stereocenters. The number of amides is 1. The van der Waals surface area contributed by atoms with Crippen LogP contribution in [0, 0.1) is 11.8 Å². The van der Waals surface area contributed by atoms with E-state index in [1.807, 2.05) is 0 Å². The molecule has 0 saturated heterocycles. The van der Waals surface area contributed by atoms with E-state index in [9.17, 15) is 4.79 Å². The predicted octanol–water partition coefficient (Wildman–Crippen LogP) is 2.02. The first-order valence-corrected chi connectivity index (χ1v) is 7.12. The molecule has 0 aromatic carbocycles. The van der Waals surface area contributed by atoms with Crippen LogP contribution in [-0.4, -0.2) is 37.0 Å². The molecule has 0 aliphatic heterocycles. The highest BCUT2D eigenvalue weighted by molar-refractivity contribution is 5.78. The number of nitrogens with zero attached hydrogens (tertiary/aromatic N) is 1. The third-order valence-electron chi connectivity index (χ3n) is 4.29. The molecule has 0 unspecified atom stereocenters. The summed E-state index contributed by atoms with van der Waals surface area (Å²) in [4.78, 5) is 14.0. The van der Waals surface area contributed by atoms with Gasteiger partial charge in [-0.2, -0.15) is 0 Å². The molecule has 0 bridgehead atoms. The van der Waals surface area contributed by atoms with Crippen LogP contribution in [0.3, 0.4) is 0 Å². The molecule has 0 spiro atoms. The lowest BCUT2D eigenvalue weighted by molar-refractivity contribution is -0.122. The van der Waals surface area contributed by atoms with Crippen LogP contribution in [0.4, 0.5) is 0 Å². The van der Waals surface area contributed by atoms with Crippen molar-refractivity contribution in [1.82, 2.24) is 10.2 Å². The smallest absolute Gasteiger partial charge is 0.234 e. The standard InChI is InChI=1S/C14H26N2O/c1-11-3-7-13(8-4-11)16(2)10-14(17)15-9-12-5-6-12/h11-13H,3-10H2,1-2H3,(H,15,17). The topological polar surface area (TPSA) is 32.3 Å². The summed E-state index contributed by atoms with van der Waals surface area (Å²) in [5, 5.41) is 3.04. The van der Waals surface area contributed by atoms with E-state index in [4.69, 9.17) is 0 Å². The first kappa shape index (κ1) is 12.9. The molecule has 2 aliphatic rings. The lowest BCUT2D eigenvalue weighted by atomic mass is 9.87. The highest BCUT2D eigenvalue weighted by Gasteiger charge is 2.24. The molecule has 2 aliphatic carbocycles. The Hall–Kier alpha value is -0.570. The van der Waals surface area contributed by atoms with E-state index in [2.05, 4.69) is 24.2 Å². The van der Waals surface area contributed by atoms with Crippen molar-refractivity contribution in [3.05, 3.63) is 0 Å². The summed E-state index contributed by atoms with van der Waals surface area (Å²) in [6.07, 6.45) is 7.76. The molecule has 3 nitrogen and oxygen atoms in total. The first-order chi connectivity index (χ1) is 8.15. The van der Waals surface area contributed by atoms with Crippen molar-refractivity contribution in [1.29, 1.82) is 0 Å². The molecule has 0 heterocycles. The van der Waals surface area contributed by atoms with E-state index in [1.165, 1.54) is 38.5 Å². The van der Waals surface area contributed by atoms with Gasteiger partial charge in [-0.1, -0.05) is 6.92 Å². The van der Waals surface area contributed by atoms with Crippen molar-refractivity contribution >= 4 is 5.91 Å². The predicted molar refractivity (Wildman–Crippen MR) is 69.8 cm³/mol. The minimum atomic E-state index is 0.207. The normalized spacial score (nSPS) is 29.4. The Bertz CT molecular complexity index is 255. The van der Waals surface area contributed by atoms with Gasteiger partial charge in [0.1, 0.15) is 0 Å². The summed E-state index contributed by atoms with van der Waals surface area (Å²) in [7, 11) is 2.09. The minimum Gasteiger partial charge on any atom is -0.355 e. The Morgan fingerprint density at radius 1 is 1.18 bits per heavy atom. The third-order valence-corrected chi connectivity index (χ3v) is 4.29. The van der Waals surface area contributed by atoms with Crippen LogP contribution in [0.15, 0.2) is 0 Å². The van der Waals surface area contributed by atoms with Crippen LogP contribution in [0.25, 0.3) is 0 Å². The second-order valence-corrected chi connectivity index (χ2v) is 6.08. The highest BCUT2D eigenvalue weighted by atomic mass is 16.2. The van der Waals surface area contributed by atoms with Gasteiger partial charge in [0.05, 0.1) is 6.54 Å². The monoisotopic (exact) mass is 238 g/mol. The second-order valence-electron chi connectivity index (χ2n) is 6.08. The quantitative estimate of drug-likeness (QED) is 0.795. The summed E-state index contributed by atoms with van der Waals surface area (Å²) in [6, 6.07) is 0.623. The third kappa shape index (κ3) is 4.30. The van der Waals surface area contributed by atoms with Gasteiger partial charge in [0.25, 0.3) is 0 Å². The zero-order valence-corrected chi connectivity index (χ0v) is 11.2. The number of hydrogen-bond acceptors (Lipinski definition) is 2. The molecule has 2 rings (SSSR count). The molecule has 17 heavy (non-hydrogen) atoms. The minimum absolute atomic E-state index is 0.207. The summed E-state index contributed by atoms with van der Waals surface area (Å²) in [6.45, 7) is 3.80. The number of carbonyl (C=O) groups excluding carboxylic acids is 1. The second kappa shape index (κ2) is 5.85. The van der Waals surface area contributed by atoms with Crippen molar-refractivity contribution in [2.45, 2.75) is 51.5 Å². The van der Waals surface area contributed by atoms with Gasteiger partial charge in [-0.25, -0.2) is 0 Å². The van der Waals surface area contributed by atoms with Gasteiger partial charge in [-0.05, 0) is 57.4 Å². The summed E-state index contributed by atoms with van der Waals surface area (Å²) < 4.78 is 0. The van der Waals surface area contributed by atoms with E-state index in [1.54, 1.807) is 0 Å². The van der Waals surface area contributed by atoms with Crippen LogP contribution in [0.1, 0.15) is 45.4 Å². The zero-order valence-electron chi connectivity index (χ0n) is 11.2. The molecule has 0 aromatic rings. The van der Waals surface area contributed by atoms with Gasteiger partial charge in [-0.3, -0.25) is 9.69 Å². The van der Waals surface area contributed by atoms with E-state index >= 15 is 0 Å². The molecular weight excluding hydrogens is 212 g/mol. The van der Waals surface area contributed by atoms with Crippen LogP contribution in [0.2, 0.25) is 0 Å². The molecule has 3 heteroatoms. The highest BCUT2D eigenvalue weighted by Crippen LogP contribution is 2.28. The first-order valence-electron chi connectivity index (χ1n) is 7.12. The lowest BCUT2D eigenvalue weighted by Gasteiger charge is -2.33. The average Bonchev–Trinajstić information content (AvgIpc) is 3.11. The Kier molecular flexibility index (Phi) is 4.43. The van der Waals surface area contributed by atoms with Crippen molar-refractivity contribution in [2.75, 3.05) is 20.1 Å². The molecule has 2 saturated carbocycles. The maximum Gasteiger partial charge on any atom is 0.234 e. The summed E-state index contributed by atoms with van der Waals surface area (Å²) in [5.74, 6) is 1.86. The fraction of sp³-hybridized carbons (Fsp3) is 0.929. The fourth-order valence-electron chi connectivity index (χ4n) is 2.67. The van der Waals surface area contributed by atoms with E-state index in [0.717, 1.165) is 18.4 Å². The molecule has 0 radical (unpaired) electrons. The summed E-state index contributed by atoms with van der Waals surface area (Å²) >= 11 is 0. The number of rotatable bonds is 5. The molecule has 2 fully saturated rings. The fourth-order valence-corrected chi connectivity index (χ4v) is 2.67. The molecule has 98 valence electrons. The van der Waals surface area contributed by atoms with Gasteiger partial charge >= 0.3 is 0 Å². The largest absolute Gasteiger partial charge is 0.355 e. The van der Waals surface area contributed by atoms with Crippen molar-refractivity contribution in [2.24, 2.45) is 11.8 Å². The Morgan fingerprint density at radius 3 is 2.41 bits per heavy atom. The Labute approximate surface area is 105 Å². The van der Waals surface area contributed by atoms with E-state index in [-0.39, 0.29) is 5.91 Å². The van der Waals surface area contributed by atoms with E-state index in [0.29, 0.717) is 12.6 Å². The van der Waals surface area contributed by atoms with Crippen molar-refractivity contribution in [3.8, 4) is 0 Å². The average molecular weight is 238 g/mol. The van der Waals surface area contributed by atoms with Gasteiger partial charge in [0, 0.05) is 12.6 Å². The Morgan fingerprint density at radius 2 is 1.82 bits per heavy atom. The molecular formula is C14H26N2O.